The lowest BCUT2D eigenvalue weighted by Crippen LogP contribution is -2.15. The molecule has 0 nitrogen and oxygen atoms in total. The van der Waals surface area contributed by atoms with E-state index >= 15 is 0 Å². The summed E-state index contributed by atoms with van der Waals surface area (Å²) >= 11 is 0. The van der Waals surface area contributed by atoms with Gasteiger partial charge in [0.25, 0.3) is 0 Å². The lowest BCUT2D eigenvalue weighted by Gasteiger charge is -2.07. The molecule has 14 heavy (non-hydrogen) atoms. The van der Waals surface area contributed by atoms with Gasteiger partial charge in [-0.15, -0.1) is 0 Å². The Morgan fingerprint density at radius 2 is 1.71 bits per heavy atom. The van der Waals surface area contributed by atoms with Crippen LogP contribution in [0.15, 0.2) is 42.1 Å². The van der Waals surface area contributed by atoms with E-state index in [1.54, 1.807) is 0 Å². The molecule has 1 rings (SSSR count). The van der Waals surface area contributed by atoms with Crippen LogP contribution in [0.25, 0.3) is 0 Å². The quantitative estimate of drug-likeness (QED) is 0.649. The summed E-state index contributed by atoms with van der Waals surface area (Å²) in [7, 11) is -0.976. The minimum atomic E-state index is -0.976. The van der Waals surface area contributed by atoms with Gasteiger partial charge in [0.1, 0.15) is 0 Å². The van der Waals surface area contributed by atoms with Crippen molar-refractivity contribution < 1.29 is 0 Å². The zero-order valence-corrected chi connectivity index (χ0v) is 10.5. The fourth-order valence-electron chi connectivity index (χ4n) is 1.33. The van der Waals surface area contributed by atoms with Crippen molar-refractivity contribution in [2.45, 2.75) is 32.5 Å². The molecule has 1 heteroatoms. The number of allylic oxidation sites excluding steroid dienone is 1. The third-order valence-electron chi connectivity index (χ3n) is 2.06. The Labute approximate surface area is 88.7 Å². The van der Waals surface area contributed by atoms with E-state index < -0.39 is 8.07 Å². The van der Waals surface area contributed by atoms with E-state index in [-0.39, 0.29) is 0 Å². The van der Waals surface area contributed by atoms with Crippen LogP contribution in [0.4, 0.5) is 0 Å². The summed E-state index contributed by atoms with van der Waals surface area (Å²) in [6, 6.07) is 10.7. The van der Waals surface area contributed by atoms with Gasteiger partial charge in [0, 0.05) is 0 Å². The number of rotatable bonds is 4. The highest BCUT2D eigenvalue weighted by molar-refractivity contribution is 6.80. The Bertz CT molecular complexity index is 280. The van der Waals surface area contributed by atoms with Gasteiger partial charge in [0.15, 0.2) is 0 Å². The van der Waals surface area contributed by atoms with Crippen molar-refractivity contribution in [1.82, 2.24) is 0 Å². The maximum Gasteiger partial charge on any atom is 0.0682 e. The summed E-state index contributed by atoms with van der Waals surface area (Å²) in [6.45, 7) is 7.10. The van der Waals surface area contributed by atoms with Gasteiger partial charge in [0.05, 0.1) is 8.07 Å². The predicted molar refractivity (Wildman–Crippen MR) is 67.2 cm³/mol. The van der Waals surface area contributed by atoms with Crippen LogP contribution in [0.2, 0.25) is 19.6 Å². The van der Waals surface area contributed by atoms with Gasteiger partial charge >= 0.3 is 0 Å². The van der Waals surface area contributed by atoms with Crippen molar-refractivity contribution >= 4 is 8.07 Å². The molecule has 0 aliphatic rings. The molecule has 1 aromatic carbocycles. The van der Waals surface area contributed by atoms with E-state index in [1.807, 2.05) is 0 Å². The average Bonchev–Trinajstić information content (AvgIpc) is 2.13. The summed E-state index contributed by atoms with van der Waals surface area (Å²) in [6.07, 6.45) is 4.69. The molecular formula is C13H20Si. The largest absolute Gasteiger partial charge is 0.0989 e. The van der Waals surface area contributed by atoms with Crippen LogP contribution in [0.1, 0.15) is 12.0 Å². The van der Waals surface area contributed by atoms with Crippen LogP contribution in [0.3, 0.4) is 0 Å². The van der Waals surface area contributed by atoms with Gasteiger partial charge in [-0.2, -0.15) is 0 Å². The molecule has 0 aliphatic heterocycles. The molecule has 0 fully saturated rings. The molecule has 0 aliphatic carbocycles. The van der Waals surface area contributed by atoms with Gasteiger partial charge < -0.3 is 0 Å². The number of aryl methyl sites for hydroxylation is 1. The second kappa shape index (κ2) is 5.16. The van der Waals surface area contributed by atoms with Crippen molar-refractivity contribution in [1.29, 1.82) is 0 Å². The Morgan fingerprint density at radius 3 is 2.29 bits per heavy atom. The molecule has 1 aromatic rings. The SMILES string of the molecule is C[Si](C)(C)/C=C/CCc1ccccc1. The molecule has 0 amide bonds. The second-order valence-corrected chi connectivity index (χ2v) is 9.86. The Balaban J connectivity index is 2.33. The third kappa shape index (κ3) is 5.03. The summed E-state index contributed by atoms with van der Waals surface area (Å²) in [4.78, 5) is 0. The summed E-state index contributed by atoms with van der Waals surface area (Å²) in [5, 5.41) is 0. The number of hydrogen-bond donors (Lipinski definition) is 0. The second-order valence-electron chi connectivity index (χ2n) is 4.79. The number of hydrogen-bond acceptors (Lipinski definition) is 0. The fraction of sp³-hybridized carbons (Fsp3) is 0.385. The van der Waals surface area contributed by atoms with E-state index in [0.29, 0.717) is 0 Å². The fourth-order valence-corrected chi connectivity index (χ4v) is 2.21. The smallest absolute Gasteiger partial charge is 0.0682 e. The predicted octanol–water partition coefficient (Wildman–Crippen LogP) is 4.05. The van der Waals surface area contributed by atoms with E-state index in [4.69, 9.17) is 0 Å². The van der Waals surface area contributed by atoms with Crippen molar-refractivity contribution in [2.24, 2.45) is 0 Å². The normalized spacial score (nSPS) is 12.2. The van der Waals surface area contributed by atoms with Crippen LogP contribution in [-0.2, 0) is 6.42 Å². The van der Waals surface area contributed by atoms with Crippen LogP contribution in [0, 0.1) is 0 Å². The molecule has 0 spiro atoms. The van der Waals surface area contributed by atoms with Crippen LogP contribution < -0.4 is 0 Å². The molecule has 0 bridgehead atoms. The zero-order chi connectivity index (χ0) is 10.4. The molecule has 0 saturated carbocycles. The molecule has 0 saturated heterocycles. The van der Waals surface area contributed by atoms with Gasteiger partial charge in [-0.05, 0) is 18.4 Å². The van der Waals surface area contributed by atoms with E-state index in [1.165, 1.54) is 18.4 Å². The van der Waals surface area contributed by atoms with E-state index in [9.17, 15) is 0 Å². The first kappa shape index (κ1) is 11.3. The summed E-state index contributed by atoms with van der Waals surface area (Å²) in [5.41, 5.74) is 3.86. The first-order chi connectivity index (χ1) is 6.58. The highest BCUT2D eigenvalue weighted by Gasteiger charge is 2.05. The number of benzene rings is 1. The van der Waals surface area contributed by atoms with Gasteiger partial charge in [-0.25, -0.2) is 0 Å². The molecule has 0 heterocycles. The first-order valence-electron chi connectivity index (χ1n) is 5.29. The van der Waals surface area contributed by atoms with Gasteiger partial charge in [-0.1, -0.05) is 61.7 Å². The van der Waals surface area contributed by atoms with Crippen molar-refractivity contribution in [3.05, 3.63) is 47.7 Å². The zero-order valence-electron chi connectivity index (χ0n) is 9.46. The molecule has 0 N–H and O–H groups in total. The maximum atomic E-state index is 2.43. The lowest BCUT2D eigenvalue weighted by molar-refractivity contribution is 1.00. The molecule has 0 atom stereocenters. The van der Waals surface area contributed by atoms with Crippen LogP contribution >= 0.6 is 0 Å². The molecule has 0 radical (unpaired) electrons. The molecular weight excluding hydrogens is 184 g/mol. The minimum absolute atomic E-state index is 0.976. The Kier molecular flexibility index (Phi) is 4.14. The topological polar surface area (TPSA) is 0 Å². The maximum absolute atomic E-state index is 2.43. The van der Waals surface area contributed by atoms with Crippen molar-refractivity contribution in [3.8, 4) is 0 Å². The Morgan fingerprint density at radius 1 is 1.07 bits per heavy atom. The lowest BCUT2D eigenvalue weighted by atomic mass is 10.1. The van der Waals surface area contributed by atoms with E-state index in [0.717, 1.165) is 0 Å². The van der Waals surface area contributed by atoms with Gasteiger partial charge in [0.2, 0.25) is 0 Å². The minimum Gasteiger partial charge on any atom is -0.0989 e. The summed E-state index contributed by atoms with van der Waals surface area (Å²) < 4.78 is 0. The van der Waals surface area contributed by atoms with Gasteiger partial charge in [-0.3, -0.25) is 0 Å². The van der Waals surface area contributed by atoms with E-state index in [2.05, 4.69) is 61.7 Å². The standard InChI is InChI=1S/C13H20Si/c1-14(2,3)12-8-7-11-13-9-5-4-6-10-13/h4-6,8-10,12H,7,11H2,1-3H3/b12-8+. The van der Waals surface area contributed by atoms with Crippen molar-refractivity contribution in [2.75, 3.05) is 0 Å². The third-order valence-corrected chi connectivity index (χ3v) is 3.30. The Hall–Kier alpha value is -0.823. The molecule has 0 unspecified atom stereocenters. The first-order valence-corrected chi connectivity index (χ1v) is 8.87. The highest BCUT2D eigenvalue weighted by atomic mass is 28.3. The molecule has 76 valence electrons. The van der Waals surface area contributed by atoms with Crippen LogP contribution in [0.5, 0.6) is 0 Å². The summed E-state index contributed by atoms with van der Waals surface area (Å²) in [5.74, 6) is 0. The average molecular weight is 204 g/mol. The molecule has 0 aromatic heterocycles. The van der Waals surface area contributed by atoms with Crippen molar-refractivity contribution in [3.63, 3.8) is 0 Å². The monoisotopic (exact) mass is 204 g/mol. The highest BCUT2D eigenvalue weighted by Crippen LogP contribution is 2.06. The van der Waals surface area contributed by atoms with Crippen LogP contribution in [-0.4, -0.2) is 8.07 Å².